The summed E-state index contributed by atoms with van der Waals surface area (Å²) in [6.07, 6.45) is 0. The molecule has 0 spiro atoms. The Labute approximate surface area is 120 Å². The lowest BCUT2D eigenvalue weighted by Gasteiger charge is -2.16. The predicted octanol–water partition coefficient (Wildman–Crippen LogP) is 4.72. The smallest absolute Gasteiger partial charge is 0.128 e. The molecule has 2 aromatic rings. The van der Waals surface area contributed by atoms with E-state index < -0.39 is 0 Å². The summed E-state index contributed by atoms with van der Waals surface area (Å²) >= 11 is 8.39. The van der Waals surface area contributed by atoms with Crippen molar-refractivity contribution in [2.75, 3.05) is 7.05 Å². The first-order valence-corrected chi connectivity index (χ1v) is 7.44. The van der Waals surface area contributed by atoms with Gasteiger partial charge in [-0.2, -0.15) is 0 Å². The molecule has 90 valence electrons. The Bertz CT molecular complexity index is 527. The molecule has 1 heterocycles. The third-order valence-corrected chi connectivity index (χ3v) is 4.49. The molecule has 0 radical (unpaired) electrons. The van der Waals surface area contributed by atoms with Gasteiger partial charge in [0.2, 0.25) is 0 Å². The van der Waals surface area contributed by atoms with Crippen molar-refractivity contribution < 1.29 is 4.39 Å². The van der Waals surface area contributed by atoms with Gasteiger partial charge in [-0.25, -0.2) is 4.39 Å². The van der Waals surface area contributed by atoms with Crippen molar-refractivity contribution in [3.8, 4) is 0 Å². The zero-order valence-corrected chi connectivity index (χ0v) is 13.0. The van der Waals surface area contributed by atoms with E-state index in [1.807, 2.05) is 24.6 Å². The fraction of sp³-hybridized carbons (Fsp3) is 0.167. The average Bonchev–Trinajstić information content (AvgIpc) is 2.71. The summed E-state index contributed by atoms with van der Waals surface area (Å²) in [5.74, 6) is -0.199. The Kier molecular flexibility index (Phi) is 4.36. The van der Waals surface area contributed by atoms with E-state index in [0.717, 1.165) is 13.8 Å². The first-order valence-electron chi connectivity index (χ1n) is 4.98. The van der Waals surface area contributed by atoms with Crippen molar-refractivity contribution >= 4 is 43.2 Å². The van der Waals surface area contributed by atoms with Gasteiger partial charge in [0.15, 0.2) is 0 Å². The minimum atomic E-state index is -0.199. The summed E-state index contributed by atoms with van der Waals surface area (Å²) in [7, 11) is 1.83. The molecule has 1 aromatic heterocycles. The zero-order chi connectivity index (χ0) is 12.4. The van der Waals surface area contributed by atoms with Crippen LogP contribution in [-0.2, 0) is 0 Å². The van der Waals surface area contributed by atoms with E-state index in [9.17, 15) is 4.39 Å². The largest absolute Gasteiger partial charge is 0.309 e. The Morgan fingerprint density at radius 2 is 2.06 bits per heavy atom. The first-order chi connectivity index (χ1) is 8.11. The molecular formula is C12H10Br2FNS. The van der Waals surface area contributed by atoms with Crippen LogP contribution >= 0.6 is 43.2 Å². The molecular weight excluding hydrogens is 369 g/mol. The van der Waals surface area contributed by atoms with Crippen molar-refractivity contribution in [3.05, 3.63) is 54.8 Å². The molecule has 0 aliphatic heterocycles. The van der Waals surface area contributed by atoms with Gasteiger partial charge in [0.05, 0.1) is 9.83 Å². The lowest BCUT2D eigenvalue weighted by Crippen LogP contribution is -2.18. The van der Waals surface area contributed by atoms with E-state index in [0.29, 0.717) is 5.56 Å². The fourth-order valence-electron chi connectivity index (χ4n) is 1.71. The van der Waals surface area contributed by atoms with E-state index in [1.54, 1.807) is 17.4 Å². The Hall–Kier alpha value is -0.230. The summed E-state index contributed by atoms with van der Waals surface area (Å²) in [6, 6.07) is 6.86. The summed E-state index contributed by atoms with van der Waals surface area (Å²) in [4.78, 5) is 0. The molecule has 5 heteroatoms. The van der Waals surface area contributed by atoms with Crippen molar-refractivity contribution in [1.29, 1.82) is 0 Å². The topological polar surface area (TPSA) is 12.0 Å². The minimum Gasteiger partial charge on any atom is -0.309 e. The molecule has 1 nitrogen and oxygen atoms in total. The molecule has 0 saturated carbocycles. The third kappa shape index (κ3) is 2.96. The van der Waals surface area contributed by atoms with Crippen LogP contribution in [0.3, 0.4) is 0 Å². The van der Waals surface area contributed by atoms with Crippen LogP contribution in [0.4, 0.5) is 4.39 Å². The maximum absolute atomic E-state index is 13.8. The van der Waals surface area contributed by atoms with Crippen molar-refractivity contribution in [2.45, 2.75) is 6.04 Å². The lowest BCUT2D eigenvalue weighted by molar-refractivity contribution is 0.576. The monoisotopic (exact) mass is 377 g/mol. The molecule has 1 aromatic carbocycles. The Morgan fingerprint density at radius 1 is 1.29 bits per heavy atom. The van der Waals surface area contributed by atoms with Gasteiger partial charge in [0.1, 0.15) is 5.82 Å². The number of nitrogens with one attached hydrogen (secondary N) is 1. The van der Waals surface area contributed by atoms with Crippen molar-refractivity contribution in [2.24, 2.45) is 0 Å². The quantitative estimate of drug-likeness (QED) is 0.814. The maximum Gasteiger partial charge on any atom is 0.128 e. The van der Waals surface area contributed by atoms with Crippen LogP contribution in [0.5, 0.6) is 0 Å². The van der Waals surface area contributed by atoms with Gasteiger partial charge in [-0.15, -0.1) is 11.3 Å². The highest BCUT2D eigenvalue weighted by molar-refractivity contribution is 9.11. The maximum atomic E-state index is 13.8. The molecule has 0 aliphatic carbocycles. The fourth-order valence-corrected chi connectivity index (χ4v) is 3.29. The van der Waals surface area contributed by atoms with Crippen LogP contribution in [-0.4, -0.2) is 7.05 Å². The van der Waals surface area contributed by atoms with Crippen LogP contribution in [0, 0.1) is 5.82 Å². The second-order valence-corrected chi connectivity index (χ2v) is 6.78. The first kappa shape index (κ1) is 13.2. The summed E-state index contributed by atoms with van der Waals surface area (Å²) in [6.45, 7) is 0. The SMILES string of the molecule is CNC(c1csc(Br)c1)c1cc(Br)ccc1F. The number of benzene rings is 1. The van der Waals surface area contributed by atoms with Gasteiger partial charge in [-0.1, -0.05) is 15.9 Å². The minimum absolute atomic E-state index is 0.130. The van der Waals surface area contributed by atoms with Crippen LogP contribution in [0.15, 0.2) is 37.9 Å². The van der Waals surface area contributed by atoms with E-state index in [2.05, 4.69) is 37.2 Å². The van der Waals surface area contributed by atoms with Gasteiger partial charge in [-0.3, -0.25) is 0 Å². The van der Waals surface area contributed by atoms with Crippen LogP contribution in [0.1, 0.15) is 17.2 Å². The molecule has 1 atom stereocenters. The predicted molar refractivity (Wildman–Crippen MR) is 77.0 cm³/mol. The Balaban J connectivity index is 2.45. The molecule has 0 bridgehead atoms. The van der Waals surface area contributed by atoms with Gasteiger partial charge < -0.3 is 5.32 Å². The van der Waals surface area contributed by atoms with Crippen LogP contribution in [0.2, 0.25) is 0 Å². The number of thiophene rings is 1. The Morgan fingerprint density at radius 3 is 2.65 bits per heavy atom. The molecule has 1 N–H and O–H groups in total. The van der Waals surface area contributed by atoms with Crippen LogP contribution < -0.4 is 5.32 Å². The second-order valence-electron chi connectivity index (χ2n) is 3.57. The third-order valence-electron chi connectivity index (χ3n) is 2.48. The summed E-state index contributed by atoms with van der Waals surface area (Å²) in [5.41, 5.74) is 1.70. The second kappa shape index (κ2) is 5.61. The highest BCUT2D eigenvalue weighted by Gasteiger charge is 2.17. The highest BCUT2D eigenvalue weighted by atomic mass is 79.9. The van der Waals surface area contributed by atoms with Gasteiger partial charge in [0.25, 0.3) is 0 Å². The normalized spacial score (nSPS) is 12.7. The summed E-state index contributed by atoms with van der Waals surface area (Å²) < 4.78 is 15.8. The van der Waals surface area contributed by atoms with Crippen molar-refractivity contribution in [3.63, 3.8) is 0 Å². The zero-order valence-electron chi connectivity index (χ0n) is 9.01. The van der Waals surface area contributed by atoms with E-state index in [4.69, 9.17) is 0 Å². The van der Waals surface area contributed by atoms with E-state index >= 15 is 0 Å². The standard InChI is InChI=1S/C12H10Br2FNS/c1-16-12(7-4-11(14)17-6-7)9-5-8(13)2-3-10(9)15/h2-6,12,16H,1H3. The van der Waals surface area contributed by atoms with Crippen molar-refractivity contribution in [1.82, 2.24) is 5.32 Å². The molecule has 0 fully saturated rings. The van der Waals surface area contributed by atoms with Gasteiger partial charge >= 0.3 is 0 Å². The molecule has 0 amide bonds. The molecule has 1 unspecified atom stereocenters. The highest BCUT2D eigenvalue weighted by Crippen LogP contribution is 2.31. The number of hydrogen-bond acceptors (Lipinski definition) is 2. The number of halogens is 3. The average molecular weight is 379 g/mol. The number of rotatable bonds is 3. The van der Waals surface area contributed by atoms with Crippen LogP contribution in [0.25, 0.3) is 0 Å². The number of hydrogen-bond donors (Lipinski definition) is 1. The van der Waals surface area contributed by atoms with Gasteiger partial charge in [-0.05, 0) is 58.2 Å². The van der Waals surface area contributed by atoms with E-state index in [-0.39, 0.29) is 11.9 Å². The molecule has 0 saturated heterocycles. The lowest BCUT2D eigenvalue weighted by atomic mass is 10.0. The van der Waals surface area contributed by atoms with E-state index in [1.165, 1.54) is 6.07 Å². The molecule has 17 heavy (non-hydrogen) atoms. The molecule has 2 rings (SSSR count). The van der Waals surface area contributed by atoms with Gasteiger partial charge in [0, 0.05) is 10.0 Å². The molecule has 0 aliphatic rings. The summed E-state index contributed by atoms with van der Waals surface area (Å²) in [5, 5.41) is 5.16.